The molecule has 1 aromatic heterocycles. The van der Waals surface area contributed by atoms with Crippen LogP contribution in [0.25, 0.3) is 0 Å². The molecule has 9 heteroatoms. The van der Waals surface area contributed by atoms with Crippen molar-refractivity contribution < 1.29 is 23.1 Å². The van der Waals surface area contributed by atoms with Gasteiger partial charge < -0.3 is 10.1 Å². The van der Waals surface area contributed by atoms with Crippen molar-refractivity contribution in [1.29, 1.82) is 0 Å². The van der Waals surface area contributed by atoms with E-state index in [0.717, 1.165) is 30.1 Å². The van der Waals surface area contributed by atoms with Crippen LogP contribution < -0.4 is 5.32 Å². The predicted octanol–water partition coefficient (Wildman–Crippen LogP) is 2.97. The Hall–Kier alpha value is -2.03. The third-order valence-corrected chi connectivity index (χ3v) is 4.95. The molecule has 0 aliphatic carbocycles. The second-order valence-corrected chi connectivity index (χ2v) is 7.00. The minimum absolute atomic E-state index is 0.0415. The SMILES string of the molecule is CCCCCNC(=O)C1CCN(Cn2ncc(C(=O)OCC)c2C(F)F)CC1. The molecule has 1 N–H and O–H groups in total. The number of hydrogen-bond donors (Lipinski definition) is 1. The molecular weight excluding hydrogens is 370 g/mol. The second kappa shape index (κ2) is 11.1. The summed E-state index contributed by atoms with van der Waals surface area (Å²) in [6.07, 6.45) is 2.86. The number of carbonyl (C=O) groups is 2. The zero-order valence-electron chi connectivity index (χ0n) is 16.6. The van der Waals surface area contributed by atoms with Crippen LogP contribution in [0.4, 0.5) is 8.78 Å². The van der Waals surface area contributed by atoms with Gasteiger partial charge in [0.15, 0.2) is 0 Å². The molecule has 0 radical (unpaired) electrons. The van der Waals surface area contributed by atoms with Gasteiger partial charge in [-0.1, -0.05) is 19.8 Å². The van der Waals surface area contributed by atoms with Gasteiger partial charge in [0.05, 0.1) is 19.5 Å². The summed E-state index contributed by atoms with van der Waals surface area (Å²) < 4.78 is 32.9. The minimum atomic E-state index is -2.83. The maximum absolute atomic E-state index is 13.5. The first kappa shape index (κ1) is 22.3. The number of carbonyl (C=O) groups excluding carboxylic acids is 2. The Morgan fingerprint density at radius 1 is 1.29 bits per heavy atom. The third kappa shape index (κ3) is 5.98. The Morgan fingerprint density at radius 3 is 2.61 bits per heavy atom. The van der Waals surface area contributed by atoms with Crippen molar-refractivity contribution in [2.45, 2.75) is 59.0 Å². The molecule has 1 saturated heterocycles. The monoisotopic (exact) mass is 400 g/mol. The van der Waals surface area contributed by atoms with Gasteiger partial charge in [0, 0.05) is 25.6 Å². The van der Waals surface area contributed by atoms with Crippen molar-refractivity contribution in [3.8, 4) is 0 Å². The molecule has 1 aliphatic rings. The maximum Gasteiger partial charge on any atom is 0.341 e. The molecule has 2 rings (SSSR count). The summed E-state index contributed by atoms with van der Waals surface area (Å²) in [5, 5.41) is 6.94. The lowest BCUT2D eigenvalue weighted by atomic mass is 9.96. The smallest absolute Gasteiger partial charge is 0.341 e. The van der Waals surface area contributed by atoms with Crippen molar-refractivity contribution in [2.24, 2.45) is 5.92 Å². The molecule has 0 bridgehead atoms. The van der Waals surface area contributed by atoms with Crippen LogP contribution in [0.3, 0.4) is 0 Å². The van der Waals surface area contributed by atoms with Crippen LogP contribution in [-0.2, 0) is 16.2 Å². The molecule has 1 fully saturated rings. The molecule has 0 atom stereocenters. The molecular formula is C19H30F2N4O3. The summed E-state index contributed by atoms with van der Waals surface area (Å²) in [6.45, 7) is 5.94. The van der Waals surface area contributed by atoms with Gasteiger partial charge in [0.1, 0.15) is 11.3 Å². The Labute approximate surface area is 164 Å². The van der Waals surface area contributed by atoms with Crippen LogP contribution in [0.2, 0.25) is 0 Å². The summed E-state index contributed by atoms with van der Waals surface area (Å²) in [5.74, 6) is -0.754. The number of rotatable bonds is 10. The van der Waals surface area contributed by atoms with E-state index in [9.17, 15) is 18.4 Å². The van der Waals surface area contributed by atoms with Gasteiger partial charge in [-0.05, 0) is 26.2 Å². The van der Waals surface area contributed by atoms with Crippen LogP contribution in [0, 0.1) is 5.92 Å². The number of hydrogen-bond acceptors (Lipinski definition) is 5. The van der Waals surface area contributed by atoms with E-state index in [-0.39, 0.29) is 30.7 Å². The van der Waals surface area contributed by atoms with Gasteiger partial charge in [-0.25, -0.2) is 18.3 Å². The van der Waals surface area contributed by atoms with Crippen LogP contribution >= 0.6 is 0 Å². The number of aromatic nitrogens is 2. The normalized spacial score (nSPS) is 15.8. The standard InChI is InChI=1S/C19H30F2N4O3/c1-3-5-6-9-22-18(26)14-7-10-24(11-8-14)13-25-16(17(20)21)15(12-23-25)19(27)28-4-2/h12,14,17H,3-11,13H2,1-2H3,(H,22,26). The largest absolute Gasteiger partial charge is 0.462 e. The Kier molecular flexibility index (Phi) is 8.82. The Bertz CT molecular complexity index is 643. The molecule has 28 heavy (non-hydrogen) atoms. The fraction of sp³-hybridized carbons (Fsp3) is 0.737. The van der Waals surface area contributed by atoms with Gasteiger partial charge >= 0.3 is 5.97 Å². The van der Waals surface area contributed by atoms with Crippen molar-refractivity contribution in [3.05, 3.63) is 17.5 Å². The van der Waals surface area contributed by atoms with Crippen LogP contribution in [0.1, 0.15) is 68.4 Å². The van der Waals surface area contributed by atoms with Crippen molar-refractivity contribution in [2.75, 3.05) is 26.2 Å². The van der Waals surface area contributed by atoms with E-state index in [0.29, 0.717) is 32.5 Å². The number of unbranched alkanes of at least 4 members (excludes halogenated alkanes) is 2. The fourth-order valence-corrected chi connectivity index (χ4v) is 3.36. The molecule has 0 unspecified atom stereocenters. The molecule has 1 aliphatic heterocycles. The highest BCUT2D eigenvalue weighted by Gasteiger charge is 2.29. The fourth-order valence-electron chi connectivity index (χ4n) is 3.36. The molecule has 2 heterocycles. The van der Waals surface area contributed by atoms with Gasteiger partial charge in [0.2, 0.25) is 5.91 Å². The molecule has 0 spiro atoms. The minimum Gasteiger partial charge on any atom is -0.462 e. The molecule has 0 saturated carbocycles. The number of halogens is 2. The van der Waals surface area contributed by atoms with E-state index in [1.165, 1.54) is 0 Å². The molecule has 0 aromatic carbocycles. The maximum atomic E-state index is 13.5. The summed E-state index contributed by atoms with van der Waals surface area (Å²) in [6, 6.07) is 0. The quantitative estimate of drug-likeness (QED) is 0.483. The molecule has 7 nitrogen and oxygen atoms in total. The number of amides is 1. The second-order valence-electron chi connectivity index (χ2n) is 7.00. The van der Waals surface area contributed by atoms with Crippen LogP contribution in [0.15, 0.2) is 6.20 Å². The van der Waals surface area contributed by atoms with Crippen molar-refractivity contribution in [3.63, 3.8) is 0 Å². The highest BCUT2D eigenvalue weighted by atomic mass is 19.3. The van der Waals surface area contributed by atoms with E-state index in [4.69, 9.17) is 4.74 Å². The Morgan fingerprint density at radius 2 is 2.00 bits per heavy atom. The number of nitrogens with zero attached hydrogens (tertiary/aromatic N) is 3. The average Bonchev–Trinajstić information content (AvgIpc) is 3.10. The predicted molar refractivity (Wildman–Crippen MR) is 100.0 cm³/mol. The molecule has 158 valence electrons. The number of piperidine rings is 1. The number of likely N-dealkylation sites (tertiary alicyclic amines) is 1. The topological polar surface area (TPSA) is 76.5 Å². The van der Waals surface area contributed by atoms with Crippen LogP contribution in [-0.4, -0.2) is 52.8 Å². The van der Waals surface area contributed by atoms with Crippen molar-refractivity contribution >= 4 is 11.9 Å². The third-order valence-electron chi connectivity index (χ3n) is 4.95. The summed E-state index contributed by atoms with van der Waals surface area (Å²) in [5.41, 5.74) is -0.618. The number of esters is 1. The van der Waals surface area contributed by atoms with E-state index < -0.39 is 18.1 Å². The summed E-state index contributed by atoms with van der Waals surface area (Å²) in [7, 11) is 0. The van der Waals surface area contributed by atoms with Gasteiger partial charge in [-0.2, -0.15) is 5.10 Å². The van der Waals surface area contributed by atoms with E-state index in [1.807, 2.05) is 4.90 Å². The number of alkyl halides is 2. The van der Waals surface area contributed by atoms with Gasteiger partial charge in [-0.3, -0.25) is 9.69 Å². The first-order valence-electron chi connectivity index (χ1n) is 9.98. The lowest BCUT2D eigenvalue weighted by Gasteiger charge is -2.31. The van der Waals surface area contributed by atoms with Crippen molar-refractivity contribution in [1.82, 2.24) is 20.0 Å². The summed E-state index contributed by atoms with van der Waals surface area (Å²) >= 11 is 0. The van der Waals surface area contributed by atoms with Gasteiger partial charge in [0.25, 0.3) is 6.43 Å². The first-order valence-corrected chi connectivity index (χ1v) is 9.98. The zero-order valence-corrected chi connectivity index (χ0v) is 16.6. The van der Waals surface area contributed by atoms with E-state index >= 15 is 0 Å². The van der Waals surface area contributed by atoms with Gasteiger partial charge in [-0.15, -0.1) is 0 Å². The van der Waals surface area contributed by atoms with E-state index in [1.54, 1.807) is 6.92 Å². The first-order chi connectivity index (χ1) is 13.5. The Balaban J connectivity index is 1.89. The lowest BCUT2D eigenvalue weighted by Crippen LogP contribution is -2.41. The average molecular weight is 400 g/mol. The summed E-state index contributed by atoms with van der Waals surface area (Å²) in [4.78, 5) is 26.0. The number of ether oxygens (including phenoxy) is 1. The lowest BCUT2D eigenvalue weighted by molar-refractivity contribution is -0.126. The highest BCUT2D eigenvalue weighted by molar-refractivity contribution is 5.90. The van der Waals surface area contributed by atoms with Crippen LogP contribution in [0.5, 0.6) is 0 Å². The molecule has 1 amide bonds. The van der Waals surface area contributed by atoms with E-state index in [2.05, 4.69) is 17.3 Å². The number of nitrogens with one attached hydrogen (secondary N) is 1. The zero-order chi connectivity index (χ0) is 20.5. The molecule has 1 aromatic rings. The highest BCUT2D eigenvalue weighted by Crippen LogP contribution is 2.25.